The van der Waals surface area contributed by atoms with Crippen molar-refractivity contribution >= 4 is 5.69 Å². The Labute approximate surface area is 121 Å². The van der Waals surface area contributed by atoms with Crippen LogP contribution in [-0.4, -0.2) is 37.7 Å². The van der Waals surface area contributed by atoms with Crippen LogP contribution in [-0.2, 0) is 17.7 Å². The lowest BCUT2D eigenvalue weighted by Crippen LogP contribution is -2.23. The molecule has 20 heavy (non-hydrogen) atoms. The molecule has 2 saturated heterocycles. The maximum absolute atomic E-state index is 5.56. The van der Waals surface area contributed by atoms with Crippen molar-refractivity contribution in [2.24, 2.45) is 11.8 Å². The second-order valence-electron chi connectivity index (χ2n) is 6.54. The number of hydrogen-bond acceptors (Lipinski definition) is 3. The van der Waals surface area contributed by atoms with E-state index in [9.17, 15) is 0 Å². The van der Waals surface area contributed by atoms with E-state index in [0.717, 1.165) is 38.1 Å². The van der Waals surface area contributed by atoms with Crippen molar-refractivity contribution in [3.63, 3.8) is 0 Å². The summed E-state index contributed by atoms with van der Waals surface area (Å²) in [5.41, 5.74) is 4.41. The van der Waals surface area contributed by atoms with E-state index < -0.39 is 0 Å². The zero-order valence-corrected chi connectivity index (χ0v) is 12.1. The van der Waals surface area contributed by atoms with E-state index in [2.05, 4.69) is 28.4 Å². The summed E-state index contributed by atoms with van der Waals surface area (Å²) in [6.07, 6.45) is 3.82. The Kier molecular flexibility index (Phi) is 3.41. The summed E-state index contributed by atoms with van der Waals surface area (Å²) in [4.78, 5) is 2.64. The summed E-state index contributed by atoms with van der Waals surface area (Å²) in [5, 5.41) is 3.56. The van der Waals surface area contributed by atoms with Gasteiger partial charge in [0, 0.05) is 38.5 Å². The Hall–Kier alpha value is -1.06. The van der Waals surface area contributed by atoms with Crippen LogP contribution in [0.4, 0.5) is 5.69 Å². The molecule has 1 N–H and O–H groups in total. The number of anilines is 1. The second-order valence-corrected chi connectivity index (χ2v) is 6.54. The van der Waals surface area contributed by atoms with Crippen LogP contribution in [0, 0.1) is 11.8 Å². The molecular weight excluding hydrogens is 248 g/mol. The summed E-state index contributed by atoms with van der Waals surface area (Å²) in [6, 6.07) is 6.78. The third kappa shape index (κ3) is 2.33. The fourth-order valence-electron chi connectivity index (χ4n) is 4.10. The van der Waals surface area contributed by atoms with Gasteiger partial charge in [-0.25, -0.2) is 0 Å². The van der Waals surface area contributed by atoms with Gasteiger partial charge in [-0.1, -0.05) is 18.2 Å². The third-order valence-corrected chi connectivity index (χ3v) is 5.27. The van der Waals surface area contributed by atoms with Crippen LogP contribution in [0.5, 0.6) is 0 Å². The fourth-order valence-corrected chi connectivity index (χ4v) is 4.10. The van der Waals surface area contributed by atoms with Crippen LogP contribution in [0.3, 0.4) is 0 Å². The van der Waals surface area contributed by atoms with Gasteiger partial charge in [0.2, 0.25) is 0 Å². The molecule has 3 aliphatic rings. The van der Waals surface area contributed by atoms with Crippen molar-refractivity contribution in [1.29, 1.82) is 0 Å². The van der Waals surface area contributed by atoms with Crippen LogP contribution in [0.15, 0.2) is 18.2 Å². The van der Waals surface area contributed by atoms with Crippen molar-refractivity contribution in [3.8, 4) is 0 Å². The molecule has 2 unspecified atom stereocenters. The van der Waals surface area contributed by atoms with E-state index in [0.29, 0.717) is 0 Å². The van der Waals surface area contributed by atoms with Crippen LogP contribution in [0.25, 0.3) is 0 Å². The van der Waals surface area contributed by atoms with Crippen LogP contribution in [0.2, 0.25) is 0 Å². The van der Waals surface area contributed by atoms with Crippen molar-refractivity contribution in [2.45, 2.75) is 25.8 Å². The normalized spacial score (nSPS) is 29.6. The minimum absolute atomic E-state index is 0.819. The van der Waals surface area contributed by atoms with Crippen LogP contribution < -0.4 is 5.32 Å². The molecule has 2 fully saturated rings. The average Bonchev–Trinajstić information content (AvgIpc) is 3.20. The standard InChI is InChI=1S/C17H24N2O/c1-2-13-4-7-18-17(13)15(3-1)11-19-8-5-14(10-19)16-6-9-20-12-16/h1-3,14,16,18H,4-12H2. The van der Waals surface area contributed by atoms with Crippen LogP contribution in [0.1, 0.15) is 24.0 Å². The molecule has 4 rings (SSSR count). The molecule has 108 valence electrons. The summed E-state index contributed by atoms with van der Waals surface area (Å²) in [7, 11) is 0. The van der Waals surface area contributed by atoms with Gasteiger partial charge < -0.3 is 10.1 Å². The Balaban J connectivity index is 1.42. The number of nitrogens with one attached hydrogen (secondary N) is 1. The van der Waals surface area contributed by atoms with Crippen LogP contribution >= 0.6 is 0 Å². The predicted octanol–water partition coefficient (Wildman–Crippen LogP) is 2.51. The van der Waals surface area contributed by atoms with Gasteiger partial charge in [-0.05, 0) is 48.8 Å². The minimum atomic E-state index is 0.819. The predicted molar refractivity (Wildman–Crippen MR) is 80.9 cm³/mol. The first-order valence-electron chi connectivity index (χ1n) is 8.05. The molecule has 0 spiro atoms. The zero-order valence-electron chi connectivity index (χ0n) is 12.1. The minimum Gasteiger partial charge on any atom is -0.384 e. The van der Waals surface area contributed by atoms with Gasteiger partial charge in [0.25, 0.3) is 0 Å². The lowest BCUT2D eigenvalue weighted by molar-refractivity contribution is 0.171. The molecule has 3 nitrogen and oxygen atoms in total. The fraction of sp³-hybridized carbons (Fsp3) is 0.647. The van der Waals surface area contributed by atoms with E-state index in [1.807, 2.05) is 0 Å². The number of likely N-dealkylation sites (tertiary alicyclic amines) is 1. The molecule has 3 heteroatoms. The van der Waals surface area contributed by atoms with E-state index in [1.165, 1.54) is 49.2 Å². The first-order chi connectivity index (χ1) is 9.90. The third-order valence-electron chi connectivity index (χ3n) is 5.27. The molecule has 1 aromatic rings. The first-order valence-corrected chi connectivity index (χ1v) is 8.05. The molecular formula is C17H24N2O. The van der Waals surface area contributed by atoms with E-state index >= 15 is 0 Å². The maximum Gasteiger partial charge on any atom is 0.0498 e. The van der Waals surface area contributed by atoms with Gasteiger partial charge in [0.1, 0.15) is 0 Å². The number of fused-ring (bicyclic) bond motifs is 1. The first kappa shape index (κ1) is 12.7. The highest BCUT2D eigenvalue weighted by Crippen LogP contribution is 2.32. The van der Waals surface area contributed by atoms with Gasteiger partial charge in [-0.15, -0.1) is 0 Å². The lowest BCUT2D eigenvalue weighted by Gasteiger charge is -2.20. The van der Waals surface area contributed by atoms with Gasteiger partial charge in [0.05, 0.1) is 0 Å². The quantitative estimate of drug-likeness (QED) is 0.915. The summed E-state index contributed by atoms with van der Waals surface area (Å²) in [6.45, 7) is 6.72. The molecule has 3 heterocycles. The molecule has 0 radical (unpaired) electrons. The summed E-state index contributed by atoms with van der Waals surface area (Å²) in [5.74, 6) is 1.68. The highest BCUT2D eigenvalue weighted by atomic mass is 16.5. The van der Waals surface area contributed by atoms with Gasteiger partial charge in [-0.3, -0.25) is 4.90 Å². The van der Waals surface area contributed by atoms with Crippen molar-refractivity contribution in [2.75, 3.05) is 38.2 Å². The topological polar surface area (TPSA) is 24.5 Å². The van der Waals surface area contributed by atoms with Crippen molar-refractivity contribution in [3.05, 3.63) is 29.3 Å². The van der Waals surface area contributed by atoms with E-state index in [4.69, 9.17) is 4.74 Å². The lowest BCUT2D eigenvalue weighted by atomic mass is 9.91. The number of rotatable bonds is 3. The maximum atomic E-state index is 5.56. The van der Waals surface area contributed by atoms with Crippen molar-refractivity contribution in [1.82, 2.24) is 4.90 Å². The Morgan fingerprint density at radius 1 is 1.25 bits per heavy atom. The Bertz CT molecular complexity index is 482. The smallest absolute Gasteiger partial charge is 0.0498 e. The number of benzene rings is 1. The molecule has 0 amide bonds. The SMILES string of the molecule is c1cc2c(c(CN3CCC(C4CCOC4)C3)c1)NCC2. The zero-order chi connectivity index (χ0) is 13.4. The number of para-hydroxylation sites is 1. The summed E-state index contributed by atoms with van der Waals surface area (Å²) < 4.78 is 5.56. The Morgan fingerprint density at radius 2 is 2.25 bits per heavy atom. The molecule has 3 aliphatic heterocycles. The molecule has 0 aliphatic carbocycles. The van der Waals surface area contributed by atoms with Gasteiger partial charge >= 0.3 is 0 Å². The molecule has 2 atom stereocenters. The monoisotopic (exact) mass is 272 g/mol. The molecule has 1 aromatic carbocycles. The largest absolute Gasteiger partial charge is 0.384 e. The van der Waals surface area contributed by atoms with Crippen molar-refractivity contribution < 1.29 is 4.74 Å². The number of ether oxygens (including phenoxy) is 1. The highest BCUT2D eigenvalue weighted by Gasteiger charge is 2.32. The average molecular weight is 272 g/mol. The van der Waals surface area contributed by atoms with E-state index in [-0.39, 0.29) is 0 Å². The van der Waals surface area contributed by atoms with Gasteiger partial charge in [0.15, 0.2) is 0 Å². The summed E-state index contributed by atoms with van der Waals surface area (Å²) >= 11 is 0. The molecule has 0 bridgehead atoms. The number of nitrogens with zero attached hydrogens (tertiary/aromatic N) is 1. The highest BCUT2D eigenvalue weighted by molar-refractivity contribution is 5.61. The van der Waals surface area contributed by atoms with E-state index in [1.54, 1.807) is 0 Å². The second kappa shape index (κ2) is 5.38. The molecule has 0 saturated carbocycles. The molecule has 0 aromatic heterocycles. The Morgan fingerprint density at radius 3 is 3.15 bits per heavy atom. The van der Waals surface area contributed by atoms with Gasteiger partial charge in [-0.2, -0.15) is 0 Å². The number of hydrogen-bond donors (Lipinski definition) is 1.